The first kappa shape index (κ1) is 19.5. The van der Waals surface area contributed by atoms with Crippen molar-refractivity contribution < 1.29 is 24.2 Å². The van der Waals surface area contributed by atoms with Gasteiger partial charge < -0.3 is 24.8 Å². The van der Waals surface area contributed by atoms with Crippen molar-refractivity contribution in [1.29, 1.82) is 0 Å². The van der Waals surface area contributed by atoms with Crippen LogP contribution in [0.1, 0.15) is 26.2 Å². The fourth-order valence-electron chi connectivity index (χ4n) is 3.95. The molecule has 0 aliphatic carbocycles. The zero-order chi connectivity index (χ0) is 18.5. The average Bonchev–Trinajstić information content (AvgIpc) is 2.85. The van der Waals surface area contributed by atoms with Crippen LogP contribution in [0, 0.1) is 5.92 Å². The summed E-state index contributed by atoms with van der Waals surface area (Å²) >= 11 is 0. The molecule has 3 aliphatic rings. The van der Waals surface area contributed by atoms with Gasteiger partial charge in [0.2, 0.25) is 11.8 Å². The predicted molar refractivity (Wildman–Crippen MR) is 94.5 cm³/mol. The normalized spacial score (nSPS) is 31.6. The first-order valence-electron chi connectivity index (χ1n) is 9.70. The Morgan fingerprint density at radius 3 is 2.65 bits per heavy atom. The molecule has 3 atom stereocenters. The Morgan fingerprint density at radius 1 is 1.15 bits per heavy atom. The average molecular weight is 369 g/mol. The zero-order valence-corrected chi connectivity index (χ0v) is 15.6. The number of nitrogens with one attached hydrogen (secondary N) is 1. The monoisotopic (exact) mass is 369 g/mol. The highest BCUT2D eigenvalue weighted by Crippen LogP contribution is 2.19. The van der Waals surface area contributed by atoms with Crippen molar-refractivity contribution in [3.8, 4) is 0 Å². The fraction of sp³-hybridized carbons (Fsp3) is 0.889. The molecule has 2 amide bonds. The number of hydrogen-bond acceptors (Lipinski definition) is 6. The van der Waals surface area contributed by atoms with E-state index in [-0.39, 0.29) is 29.9 Å². The number of amides is 2. The molecular weight excluding hydrogens is 338 g/mol. The Bertz CT molecular complexity index is 497. The van der Waals surface area contributed by atoms with Crippen LogP contribution in [0.2, 0.25) is 0 Å². The second kappa shape index (κ2) is 9.12. The van der Waals surface area contributed by atoms with Gasteiger partial charge in [-0.3, -0.25) is 14.5 Å². The molecule has 0 aromatic heterocycles. The summed E-state index contributed by atoms with van der Waals surface area (Å²) in [5, 5.41) is 13.5. The van der Waals surface area contributed by atoms with E-state index < -0.39 is 6.10 Å². The fourth-order valence-corrected chi connectivity index (χ4v) is 3.95. The molecule has 8 nitrogen and oxygen atoms in total. The number of ether oxygens (including phenoxy) is 2. The van der Waals surface area contributed by atoms with Gasteiger partial charge in [0.25, 0.3) is 0 Å². The molecule has 0 saturated carbocycles. The Hall–Kier alpha value is -1.22. The van der Waals surface area contributed by atoms with E-state index in [1.807, 2.05) is 4.90 Å². The van der Waals surface area contributed by atoms with Gasteiger partial charge >= 0.3 is 0 Å². The number of aliphatic hydroxyl groups is 1. The van der Waals surface area contributed by atoms with E-state index in [0.717, 1.165) is 38.9 Å². The highest BCUT2D eigenvalue weighted by atomic mass is 16.5. The van der Waals surface area contributed by atoms with Gasteiger partial charge in [0, 0.05) is 52.2 Å². The zero-order valence-electron chi connectivity index (χ0n) is 15.6. The van der Waals surface area contributed by atoms with Crippen LogP contribution in [0.25, 0.3) is 0 Å². The van der Waals surface area contributed by atoms with Crippen molar-refractivity contribution in [3.05, 3.63) is 0 Å². The maximum Gasteiger partial charge on any atom is 0.223 e. The first-order valence-corrected chi connectivity index (χ1v) is 9.70. The van der Waals surface area contributed by atoms with E-state index in [4.69, 9.17) is 9.47 Å². The van der Waals surface area contributed by atoms with Crippen LogP contribution in [-0.4, -0.2) is 97.5 Å². The van der Waals surface area contributed by atoms with E-state index in [1.165, 1.54) is 0 Å². The van der Waals surface area contributed by atoms with Gasteiger partial charge in [-0.1, -0.05) is 0 Å². The third-order valence-electron chi connectivity index (χ3n) is 5.67. The van der Waals surface area contributed by atoms with Crippen LogP contribution in [0.4, 0.5) is 0 Å². The molecule has 3 aliphatic heterocycles. The molecule has 3 saturated heterocycles. The molecule has 26 heavy (non-hydrogen) atoms. The largest absolute Gasteiger partial charge is 0.388 e. The van der Waals surface area contributed by atoms with Gasteiger partial charge in [0.1, 0.15) is 6.10 Å². The quantitative estimate of drug-likeness (QED) is 0.675. The second-order valence-corrected chi connectivity index (χ2v) is 7.52. The van der Waals surface area contributed by atoms with Crippen molar-refractivity contribution >= 4 is 11.8 Å². The van der Waals surface area contributed by atoms with E-state index in [9.17, 15) is 14.7 Å². The van der Waals surface area contributed by atoms with Gasteiger partial charge in [0.05, 0.1) is 18.8 Å². The van der Waals surface area contributed by atoms with E-state index in [1.54, 1.807) is 6.92 Å². The lowest BCUT2D eigenvalue weighted by molar-refractivity contribution is -0.129. The van der Waals surface area contributed by atoms with Crippen LogP contribution >= 0.6 is 0 Å². The van der Waals surface area contributed by atoms with E-state index >= 15 is 0 Å². The third-order valence-corrected chi connectivity index (χ3v) is 5.67. The standard InChI is InChI=1S/C18H31N3O5/c1-13(22)21-6-2-5-20(7-8-21)11-16-17(23)15(12-26-16)19-18(24)14-3-9-25-10-4-14/h14-17,23H,2-12H2,1H3,(H,19,24)/t15-,16-,17+/m0/s1. The van der Waals surface area contributed by atoms with E-state index in [0.29, 0.717) is 32.9 Å². The van der Waals surface area contributed by atoms with Crippen molar-refractivity contribution in [1.82, 2.24) is 15.1 Å². The maximum atomic E-state index is 12.4. The lowest BCUT2D eigenvalue weighted by atomic mass is 9.98. The molecule has 3 fully saturated rings. The number of aliphatic hydroxyl groups excluding tert-OH is 1. The molecule has 0 aromatic carbocycles. The molecule has 0 radical (unpaired) electrons. The molecule has 148 valence electrons. The minimum absolute atomic E-state index is 0.00604. The Balaban J connectivity index is 1.45. The Labute approximate surface area is 154 Å². The van der Waals surface area contributed by atoms with Crippen LogP contribution in [0.15, 0.2) is 0 Å². The number of nitrogens with zero attached hydrogens (tertiary/aromatic N) is 2. The lowest BCUT2D eigenvalue weighted by Gasteiger charge is -2.27. The SMILES string of the molecule is CC(=O)N1CCCN(C[C@@H]2OC[C@H](NC(=O)C3CCOCC3)[C@H]2O)CC1. The molecule has 0 unspecified atom stereocenters. The van der Waals surface area contributed by atoms with Gasteiger partial charge in [-0.15, -0.1) is 0 Å². The number of rotatable bonds is 4. The predicted octanol–water partition coefficient (Wildman–Crippen LogP) is -0.788. The van der Waals surface area contributed by atoms with Crippen LogP contribution < -0.4 is 5.32 Å². The molecule has 3 heterocycles. The summed E-state index contributed by atoms with van der Waals surface area (Å²) in [6, 6.07) is -0.351. The van der Waals surface area contributed by atoms with Crippen LogP contribution in [0.3, 0.4) is 0 Å². The van der Waals surface area contributed by atoms with Gasteiger partial charge in [-0.2, -0.15) is 0 Å². The summed E-state index contributed by atoms with van der Waals surface area (Å²) in [5.74, 6) is 0.0755. The number of carbonyl (C=O) groups excluding carboxylic acids is 2. The second-order valence-electron chi connectivity index (χ2n) is 7.52. The number of hydrogen-bond donors (Lipinski definition) is 2. The van der Waals surface area contributed by atoms with Crippen molar-refractivity contribution in [2.24, 2.45) is 5.92 Å². The van der Waals surface area contributed by atoms with E-state index in [2.05, 4.69) is 10.2 Å². The Morgan fingerprint density at radius 2 is 1.92 bits per heavy atom. The lowest BCUT2D eigenvalue weighted by Crippen LogP contribution is -2.49. The third kappa shape index (κ3) is 4.94. The minimum Gasteiger partial charge on any atom is -0.388 e. The topological polar surface area (TPSA) is 91.3 Å². The summed E-state index contributed by atoms with van der Waals surface area (Å²) in [4.78, 5) is 28.0. The van der Waals surface area contributed by atoms with Crippen LogP contribution in [-0.2, 0) is 19.1 Å². The number of carbonyl (C=O) groups is 2. The minimum atomic E-state index is -0.703. The van der Waals surface area contributed by atoms with Gasteiger partial charge in [-0.05, 0) is 25.8 Å². The highest BCUT2D eigenvalue weighted by Gasteiger charge is 2.38. The summed E-state index contributed by atoms with van der Waals surface area (Å²) in [7, 11) is 0. The van der Waals surface area contributed by atoms with Crippen molar-refractivity contribution in [3.63, 3.8) is 0 Å². The maximum absolute atomic E-state index is 12.4. The summed E-state index contributed by atoms with van der Waals surface area (Å²) in [6.07, 6.45) is 1.38. The highest BCUT2D eigenvalue weighted by molar-refractivity contribution is 5.79. The molecule has 2 N–H and O–H groups in total. The molecular formula is C18H31N3O5. The smallest absolute Gasteiger partial charge is 0.223 e. The van der Waals surface area contributed by atoms with Crippen LogP contribution in [0.5, 0.6) is 0 Å². The summed E-state index contributed by atoms with van der Waals surface area (Å²) < 4.78 is 11.1. The first-order chi connectivity index (χ1) is 12.5. The van der Waals surface area contributed by atoms with Gasteiger partial charge in [-0.25, -0.2) is 0 Å². The summed E-state index contributed by atoms with van der Waals surface area (Å²) in [5.41, 5.74) is 0. The molecule has 0 bridgehead atoms. The summed E-state index contributed by atoms with van der Waals surface area (Å²) in [6.45, 7) is 6.97. The van der Waals surface area contributed by atoms with Crippen molar-refractivity contribution in [2.75, 3.05) is 52.5 Å². The molecule has 0 aromatic rings. The molecule has 8 heteroatoms. The Kier molecular flexibility index (Phi) is 6.86. The molecule has 3 rings (SSSR count). The molecule has 0 spiro atoms. The van der Waals surface area contributed by atoms with Gasteiger partial charge in [0.15, 0.2) is 0 Å². The van der Waals surface area contributed by atoms with Crippen molar-refractivity contribution in [2.45, 2.75) is 44.4 Å².